The van der Waals surface area contributed by atoms with Crippen molar-refractivity contribution >= 4 is 12.1 Å². The summed E-state index contributed by atoms with van der Waals surface area (Å²) in [5, 5.41) is 10.4. The van der Waals surface area contributed by atoms with Crippen LogP contribution >= 0.6 is 0 Å². The van der Waals surface area contributed by atoms with Crippen LogP contribution in [0.4, 0.5) is 13.6 Å². The molecule has 1 aromatic rings. The molecule has 0 fully saturated rings. The van der Waals surface area contributed by atoms with Crippen LogP contribution < -0.4 is 5.32 Å². The largest absolute Gasteiger partial charge is 0.481 e. The Balaban J connectivity index is 2.39. The standard InChI is InChI=1S/C13H15F2NO4/c14-12(15)10(6-7-11(17)18)16-13(19)20-8-9-4-2-1-3-5-9/h1-5,10,12H,6-8H2,(H,16,19)(H,17,18)/t10-/m1/s1. The van der Waals surface area contributed by atoms with Gasteiger partial charge in [-0.3, -0.25) is 4.79 Å². The molecule has 7 heteroatoms. The molecule has 20 heavy (non-hydrogen) atoms. The number of benzene rings is 1. The zero-order valence-corrected chi connectivity index (χ0v) is 10.6. The van der Waals surface area contributed by atoms with Crippen LogP contribution in [0.1, 0.15) is 18.4 Å². The van der Waals surface area contributed by atoms with E-state index in [1.807, 2.05) is 5.32 Å². The minimum Gasteiger partial charge on any atom is -0.481 e. The summed E-state index contributed by atoms with van der Waals surface area (Å²) in [6.07, 6.45) is -4.65. The molecule has 0 heterocycles. The zero-order valence-electron chi connectivity index (χ0n) is 10.6. The number of alkyl carbamates (subject to hydrolysis) is 1. The molecule has 0 aromatic heterocycles. The first-order chi connectivity index (χ1) is 9.49. The monoisotopic (exact) mass is 287 g/mol. The van der Waals surface area contributed by atoms with Gasteiger partial charge in [-0.1, -0.05) is 30.3 Å². The molecule has 1 atom stereocenters. The SMILES string of the molecule is O=C(O)CC[C@@H](NC(=O)OCc1ccccc1)C(F)F. The molecule has 0 radical (unpaired) electrons. The van der Waals surface area contributed by atoms with E-state index in [0.717, 1.165) is 5.56 Å². The summed E-state index contributed by atoms with van der Waals surface area (Å²) >= 11 is 0. The summed E-state index contributed by atoms with van der Waals surface area (Å²) in [6.45, 7) is -0.0401. The molecular formula is C13H15F2NO4. The second-order valence-electron chi connectivity index (χ2n) is 4.08. The van der Waals surface area contributed by atoms with E-state index in [1.54, 1.807) is 30.3 Å². The first kappa shape index (κ1) is 15.9. The normalized spacial score (nSPS) is 11.9. The number of aliphatic carboxylic acids is 1. The molecule has 0 saturated heterocycles. The lowest BCUT2D eigenvalue weighted by molar-refractivity contribution is -0.137. The van der Waals surface area contributed by atoms with E-state index in [9.17, 15) is 18.4 Å². The maximum atomic E-state index is 12.6. The van der Waals surface area contributed by atoms with Crippen molar-refractivity contribution < 1.29 is 28.2 Å². The number of carboxylic acids is 1. The van der Waals surface area contributed by atoms with E-state index in [1.165, 1.54) is 0 Å². The first-order valence-electron chi connectivity index (χ1n) is 5.96. The Morgan fingerprint density at radius 3 is 2.45 bits per heavy atom. The van der Waals surface area contributed by atoms with Crippen molar-refractivity contribution in [2.24, 2.45) is 0 Å². The summed E-state index contributed by atoms with van der Waals surface area (Å²) < 4.78 is 30.0. The number of alkyl halides is 2. The van der Waals surface area contributed by atoms with Gasteiger partial charge in [-0.05, 0) is 12.0 Å². The molecule has 0 spiro atoms. The molecule has 1 aromatic carbocycles. The van der Waals surface area contributed by atoms with Crippen LogP contribution in [0.5, 0.6) is 0 Å². The number of ether oxygens (including phenoxy) is 1. The molecule has 0 unspecified atom stereocenters. The van der Waals surface area contributed by atoms with Gasteiger partial charge in [0.2, 0.25) is 0 Å². The molecule has 2 N–H and O–H groups in total. The van der Waals surface area contributed by atoms with Crippen molar-refractivity contribution in [3.05, 3.63) is 35.9 Å². The first-order valence-corrected chi connectivity index (χ1v) is 5.96. The van der Waals surface area contributed by atoms with Gasteiger partial charge in [-0.25, -0.2) is 13.6 Å². The van der Waals surface area contributed by atoms with Crippen LogP contribution in [-0.4, -0.2) is 29.6 Å². The number of hydrogen-bond acceptors (Lipinski definition) is 3. The van der Waals surface area contributed by atoms with Gasteiger partial charge in [-0.2, -0.15) is 0 Å². The van der Waals surface area contributed by atoms with Crippen molar-refractivity contribution in [1.82, 2.24) is 5.32 Å². The predicted octanol–water partition coefficient (Wildman–Crippen LogP) is 2.41. The van der Waals surface area contributed by atoms with Gasteiger partial charge in [0.15, 0.2) is 0 Å². The summed E-state index contributed by atoms with van der Waals surface area (Å²) in [5.41, 5.74) is 0.724. The second-order valence-corrected chi connectivity index (χ2v) is 4.08. The summed E-state index contributed by atoms with van der Waals surface area (Å²) in [4.78, 5) is 21.7. The molecule has 0 saturated carbocycles. The van der Waals surface area contributed by atoms with Gasteiger partial charge >= 0.3 is 12.1 Å². The average Bonchev–Trinajstić information content (AvgIpc) is 2.41. The van der Waals surface area contributed by atoms with E-state index < -0.39 is 31.0 Å². The summed E-state index contributed by atoms with van der Waals surface area (Å²) in [5.74, 6) is -1.20. The fourth-order valence-electron chi connectivity index (χ4n) is 1.46. The van der Waals surface area contributed by atoms with Crippen molar-refractivity contribution in [2.45, 2.75) is 31.9 Å². The Morgan fingerprint density at radius 2 is 1.90 bits per heavy atom. The highest BCUT2D eigenvalue weighted by atomic mass is 19.3. The van der Waals surface area contributed by atoms with Gasteiger partial charge in [-0.15, -0.1) is 0 Å². The Kier molecular flexibility index (Phi) is 6.42. The third kappa shape index (κ3) is 6.12. The van der Waals surface area contributed by atoms with E-state index in [2.05, 4.69) is 0 Å². The number of rotatable bonds is 7. The minimum absolute atomic E-state index is 0.0401. The molecule has 0 aliphatic carbocycles. The van der Waals surface area contributed by atoms with Crippen LogP contribution in [0.25, 0.3) is 0 Å². The smallest absolute Gasteiger partial charge is 0.407 e. The van der Waals surface area contributed by atoms with Crippen LogP contribution in [0.2, 0.25) is 0 Å². The van der Waals surface area contributed by atoms with Crippen molar-refractivity contribution in [2.75, 3.05) is 0 Å². The van der Waals surface area contributed by atoms with E-state index in [4.69, 9.17) is 9.84 Å². The molecule has 0 bridgehead atoms. The highest BCUT2D eigenvalue weighted by Crippen LogP contribution is 2.09. The van der Waals surface area contributed by atoms with Gasteiger partial charge in [0.1, 0.15) is 6.61 Å². The van der Waals surface area contributed by atoms with Gasteiger partial charge < -0.3 is 15.2 Å². The van der Waals surface area contributed by atoms with E-state index in [0.29, 0.717) is 0 Å². The lowest BCUT2D eigenvalue weighted by Gasteiger charge is -2.16. The molecule has 110 valence electrons. The van der Waals surface area contributed by atoms with Gasteiger partial charge in [0, 0.05) is 6.42 Å². The third-order valence-corrected chi connectivity index (χ3v) is 2.49. The Hall–Kier alpha value is -2.18. The summed E-state index contributed by atoms with van der Waals surface area (Å²) in [6, 6.07) is 7.22. The summed E-state index contributed by atoms with van der Waals surface area (Å²) in [7, 11) is 0. The molecule has 1 amide bonds. The predicted molar refractivity (Wildman–Crippen MR) is 66.4 cm³/mol. The molecule has 5 nitrogen and oxygen atoms in total. The number of carboxylic acid groups (broad SMARTS) is 1. The maximum Gasteiger partial charge on any atom is 0.407 e. The average molecular weight is 287 g/mol. The van der Waals surface area contributed by atoms with E-state index >= 15 is 0 Å². The number of carbonyl (C=O) groups excluding carboxylic acids is 1. The second kappa shape index (κ2) is 8.08. The zero-order chi connectivity index (χ0) is 15.0. The van der Waals surface area contributed by atoms with Crippen LogP contribution in [0, 0.1) is 0 Å². The molecule has 0 aliphatic rings. The number of carbonyl (C=O) groups is 2. The fraction of sp³-hybridized carbons (Fsp3) is 0.385. The minimum atomic E-state index is -2.85. The van der Waals surface area contributed by atoms with Gasteiger partial charge in [0.25, 0.3) is 6.43 Å². The fourth-order valence-corrected chi connectivity index (χ4v) is 1.46. The molecule has 0 aliphatic heterocycles. The number of hydrogen-bond donors (Lipinski definition) is 2. The highest BCUT2D eigenvalue weighted by Gasteiger charge is 2.23. The Bertz CT molecular complexity index is 439. The number of amides is 1. The van der Waals surface area contributed by atoms with Gasteiger partial charge in [0.05, 0.1) is 6.04 Å². The third-order valence-electron chi connectivity index (χ3n) is 2.49. The highest BCUT2D eigenvalue weighted by molar-refractivity contribution is 5.68. The van der Waals surface area contributed by atoms with Crippen LogP contribution in [0.3, 0.4) is 0 Å². The molecular weight excluding hydrogens is 272 g/mol. The topological polar surface area (TPSA) is 75.6 Å². The number of halogens is 2. The van der Waals surface area contributed by atoms with Crippen molar-refractivity contribution in [3.63, 3.8) is 0 Å². The molecule has 1 rings (SSSR count). The lowest BCUT2D eigenvalue weighted by Crippen LogP contribution is -2.40. The van der Waals surface area contributed by atoms with Crippen molar-refractivity contribution in [1.29, 1.82) is 0 Å². The lowest BCUT2D eigenvalue weighted by atomic mass is 10.1. The van der Waals surface area contributed by atoms with Crippen LogP contribution in [0.15, 0.2) is 30.3 Å². The van der Waals surface area contributed by atoms with E-state index in [-0.39, 0.29) is 13.0 Å². The number of nitrogens with one attached hydrogen (secondary N) is 1. The quantitative estimate of drug-likeness (QED) is 0.807. The Morgan fingerprint density at radius 1 is 1.25 bits per heavy atom. The van der Waals surface area contributed by atoms with Crippen LogP contribution in [-0.2, 0) is 16.1 Å². The maximum absolute atomic E-state index is 12.6. The Labute approximate surface area is 114 Å². The van der Waals surface area contributed by atoms with Crippen molar-refractivity contribution in [3.8, 4) is 0 Å².